The fraction of sp³-hybridized carbons (Fsp3) is 0.157. The van der Waals surface area contributed by atoms with Gasteiger partial charge in [-0.25, -0.2) is 4.99 Å². The summed E-state index contributed by atoms with van der Waals surface area (Å²) in [5.41, 5.74) is 11.9. The fourth-order valence-corrected chi connectivity index (χ4v) is 10.9. The van der Waals surface area contributed by atoms with Crippen LogP contribution >= 0.6 is 11.3 Å². The van der Waals surface area contributed by atoms with Crippen molar-refractivity contribution in [2.75, 3.05) is 0 Å². The van der Waals surface area contributed by atoms with Crippen molar-refractivity contribution < 1.29 is 4.42 Å². The zero-order valence-electron chi connectivity index (χ0n) is 31.4. The molecule has 5 aromatic carbocycles. The van der Waals surface area contributed by atoms with Gasteiger partial charge in [0.2, 0.25) is 0 Å². The lowest BCUT2D eigenvalue weighted by molar-refractivity contribution is 0.340. The third kappa shape index (κ3) is 5.35. The summed E-state index contributed by atoms with van der Waals surface area (Å²) < 4.78 is 11.4. The number of benzene rings is 5. The Balaban J connectivity index is 0.982. The number of nitrogens with one attached hydrogen (secondary N) is 2. The van der Waals surface area contributed by atoms with E-state index in [0.717, 1.165) is 71.1 Å². The van der Waals surface area contributed by atoms with Crippen molar-refractivity contribution in [3.63, 3.8) is 0 Å². The first kappa shape index (κ1) is 33.0. The van der Waals surface area contributed by atoms with Gasteiger partial charge >= 0.3 is 0 Å². The predicted octanol–water partition coefficient (Wildman–Crippen LogP) is 12.5. The second kappa shape index (κ2) is 13.2. The number of aromatic nitrogens is 1. The average Bonchev–Trinajstić information content (AvgIpc) is 3.96. The van der Waals surface area contributed by atoms with Crippen LogP contribution in [0.5, 0.6) is 0 Å². The van der Waals surface area contributed by atoms with Gasteiger partial charge in [0.05, 0.1) is 11.7 Å². The molecule has 2 N–H and O–H groups in total. The summed E-state index contributed by atoms with van der Waals surface area (Å²) in [5, 5.41) is 13.9. The zero-order valence-corrected chi connectivity index (χ0v) is 32.2. The minimum Gasteiger partial charge on any atom is -0.456 e. The molecule has 6 heteroatoms. The number of hydrogen-bond acceptors (Lipinski definition) is 5. The topological polar surface area (TPSA) is 54.5 Å². The quantitative estimate of drug-likeness (QED) is 0.184. The average molecular weight is 757 g/mol. The van der Waals surface area contributed by atoms with E-state index in [2.05, 4.69) is 167 Å². The zero-order chi connectivity index (χ0) is 37.5. The van der Waals surface area contributed by atoms with Gasteiger partial charge in [0.15, 0.2) is 0 Å². The Kier molecular flexibility index (Phi) is 7.63. The minimum atomic E-state index is -0.0640. The lowest BCUT2D eigenvalue weighted by Gasteiger charge is -2.36. The number of aliphatic imine (C=N–C) groups is 1. The molecule has 8 aromatic rings. The van der Waals surface area contributed by atoms with Crippen LogP contribution in [0.2, 0.25) is 0 Å². The molecule has 276 valence electrons. The van der Waals surface area contributed by atoms with Gasteiger partial charge in [0.1, 0.15) is 23.2 Å². The standard InChI is InChI=1S/C51H40N4OS/c1-3-13-31(14-4-1)49-52-50(32-15-5-2-6-16-32)54-51(53-49)39-21-11-20-38-47-35(19-12-24-46(47)57-48(38)39)33-25-27-44-40(29-33)41-30-34(26-28-45(41)56-44)55-42-22-9-7-17-36(42)37-18-8-10-23-43(37)55/h1-5,7,9-13,15,17,19-31,49-50,52H,6,8,14,16,18H2,(H,53,54). The lowest BCUT2D eigenvalue weighted by atomic mass is 9.94. The molecule has 12 rings (SSSR count). The normalized spacial score (nSPS) is 20.5. The molecule has 0 bridgehead atoms. The molecule has 0 saturated carbocycles. The first-order chi connectivity index (χ1) is 28.2. The van der Waals surface area contributed by atoms with E-state index in [-0.39, 0.29) is 12.3 Å². The number of allylic oxidation sites excluding steroid dienone is 7. The van der Waals surface area contributed by atoms with E-state index >= 15 is 0 Å². The van der Waals surface area contributed by atoms with Gasteiger partial charge < -0.3 is 14.3 Å². The van der Waals surface area contributed by atoms with Crippen LogP contribution in [0.4, 0.5) is 0 Å². The number of para-hydroxylation sites is 1. The number of nitrogens with zero attached hydrogens (tertiary/aromatic N) is 2. The van der Waals surface area contributed by atoms with Crippen LogP contribution in [0, 0.1) is 5.92 Å². The number of hydrogen-bond donors (Lipinski definition) is 2. The Morgan fingerprint density at radius 2 is 1.60 bits per heavy atom. The van der Waals surface area contributed by atoms with Gasteiger partial charge in [0, 0.05) is 59.2 Å². The van der Waals surface area contributed by atoms with Crippen molar-refractivity contribution in [2.45, 2.75) is 44.4 Å². The van der Waals surface area contributed by atoms with E-state index in [1.165, 1.54) is 59.0 Å². The third-order valence-corrected chi connectivity index (χ3v) is 13.6. The first-order valence-corrected chi connectivity index (χ1v) is 21.1. The molecule has 1 aliphatic heterocycles. The van der Waals surface area contributed by atoms with Gasteiger partial charge in [-0.1, -0.05) is 97.1 Å². The van der Waals surface area contributed by atoms with Gasteiger partial charge in [-0.2, -0.15) is 0 Å². The van der Waals surface area contributed by atoms with E-state index in [1.807, 2.05) is 11.3 Å². The Labute approximate surface area is 334 Å². The van der Waals surface area contributed by atoms with E-state index in [0.29, 0.717) is 5.92 Å². The van der Waals surface area contributed by atoms with Crippen molar-refractivity contribution >= 4 is 76.3 Å². The van der Waals surface area contributed by atoms with Crippen LogP contribution in [0.15, 0.2) is 161 Å². The SMILES string of the molecule is C1=CCCC(C2N=C(c3cccc4c3sc3cccc(-c5ccc6oc7ccc(-n8c9c(c%10ccccc%108)CCC=C9)cc7c6c5)c34)NC(C3C=CC=CC3)N2)=C1. The molecule has 3 aromatic heterocycles. The van der Waals surface area contributed by atoms with Crippen LogP contribution in [0.1, 0.15) is 42.5 Å². The molecule has 0 radical (unpaired) electrons. The molecular formula is C51H40N4OS. The van der Waals surface area contributed by atoms with Gasteiger partial charge in [-0.3, -0.25) is 5.32 Å². The summed E-state index contributed by atoms with van der Waals surface area (Å²) in [6, 6.07) is 35.7. The first-order valence-electron chi connectivity index (χ1n) is 20.2. The molecule has 4 heterocycles. The number of fused-ring (bicyclic) bond motifs is 9. The monoisotopic (exact) mass is 756 g/mol. The highest BCUT2D eigenvalue weighted by Crippen LogP contribution is 2.44. The van der Waals surface area contributed by atoms with Crippen molar-refractivity contribution in [1.29, 1.82) is 0 Å². The molecule has 3 atom stereocenters. The largest absolute Gasteiger partial charge is 0.456 e. The van der Waals surface area contributed by atoms with E-state index < -0.39 is 0 Å². The maximum atomic E-state index is 6.48. The highest BCUT2D eigenvalue weighted by Gasteiger charge is 2.31. The molecule has 4 aliphatic rings. The summed E-state index contributed by atoms with van der Waals surface area (Å²) in [6.07, 6.45) is 25.4. The molecule has 0 saturated heterocycles. The fourth-order valence-electron chi connectivity index (χ4n) is 9.64. The molecule has 3 aliphatic carbocycles. The summed E-state index contributed by atoms with van der Waals surface area (Å²) in [4.78, 5) is 5.39. The number of thiophene rings is 1. The summed E-state index contributed by atoms with van der Waals surface area (Å²) >= 11 is 1.87. The minimum absolute atomic E-state index is 0.0640. The van der Waals surface area contributed by atoms with Crippen LogP contribution in [-0.2, 0) is 6.42 Å². The Morgan fingerprint density at radius 1 is 0.737 bits per heavy atom. The molecule has 5 nitrogen and oxygen atoms in total. The Bertz CT molecular complexity index is 3140. The van der Waals surface area contributed by atoms with Crippen LogP contribution in [0.3, 0.4) is 0 Å². The van der Waals surface area contributed by atoms with Crippen LogP contribution < -0.4 is 10.6 Å². The third-order valence-electron chi connectivity index (χ3n) is 12.4. The predicted molar refractivity (Wildman–Crippen MR) is 239 cm³/mol. The summed E-state index contributed by atoms with van der Waals surface area (Å²) in [7, 11) is 0. The molecule has 3 unspecified atom stereocenters. The number of amidine groups is 1. The van der Waals surface area contributed by atoms with Crippen molar-refractivity contribution in [3.05, 3.63) is 168 Å². The second-order valence-corrected chi connectivity index (χ2v) is 16.8. The van der Waals surface area contributed by atoms with Gasteiger partial charge in [0.25, 0.3) is 0 Å². The highest BCUT2D eigenvalue weighted by atomic mass is 32.1. The molecule has 0 amide bonds. The molecule has 0 fully saturated rings. The number of aryl methyl sites for hydroxylation is 1. The van der Waals surface area contributed by atoms with E-state index in [1.54, 1.807) is 0 Å². The van der Waals surface area contributed by atoms with Crippen molar-refractivity contribution in [2.24, 2.45) is 10.9 Å². The van der Waals surface area contributed by atoms with E-state index in [4.69, 9.17) is 9.41 Å². The van der Waals surface area contributed by atoms with Crippen molar-refractivity contribution in [3.8, 4) is 16.8 Å². The molecular weight excluding hydrogens is 717 g/mol. The highest BCUT2D eigenvalue weighted by molar-refractivity contribution is 7.26. The number of rotatable bonds is 5. The summed E-state index contributed by atoms with van der Waals surface area (Å²) in [5.74, 6) is 1.31. The van der Waals surface area contributed by atoms with Gasteiger partial charge in [-0.15, -0.1) is 11.3 Å². The Morgan fingerprint density at radius 3 is 2.51 bits per heavy atom. The second-order valence-electron chi connectivity index (χ2n) is 15.7. The lowest BCUT2D eigenvalue weighted by Crippen LogP contribution is -2.57. The van der Waals surface area contributed by atoms with Crippen molar-refractivity contribution in [1.82, 2.24) is 15.2 Å². The molecule has 0 spiro atoms. The van der Waals surface area contributed by atoms with E-state index in [9.17, 15) is 0 Å². The van der Waals surface area contributed by atoms with Gasteiger partial charge in [-0.05, 0) is 109 Å². The molecule has 57 heavy (non-hydrogen) atoms. The smallest absolute Gasteiger partial charge is 0.135 e. The number of furan rings is 1. The maximum Gasteiger partial charge on any atom is 0.135 e. The van der Waals surface area contributed by atoms with Crippen LogP contribution in [-0.4, -0.2) is 22.7 Å². The summed E-state index contributed by atoms with van der Waals surface area (Å²) in [6.45, 7) is 0. The van der Waals surface area contributed by atoms with Crippen LogP contribution in [0.25, 0.3) is 75.9 Å². The maximum absolute atomic E-state index is 6.48. The Hall–Kier alpha value is -6.21.